The lowest BCUT2D eigenvalue weighted by Crippen LogP contribution is -2.10. The van der Waals surface area contributed by atoms with Crippen LogP contribution in [0.1, 0.15) is 41.0 Å². The van der Waals surface area contributed by atoms with Crippen molar-refractivity contribution in [3.8, 4) is 0 Å². The molecule has 0 unspecified atom stereocenters. The molecule has 1 aliphatic carbocycles. The second-order valence-electron chi connectivity index (χ2n) is 6.71. The monoisotopic (exact) mass is 261 g/mol. The van der Waals surface area contributed by atoms with E-state index in [1.165, 1.54) is 0 Å². The van der Waals surface area contributed by atoms with Gasteiger partial charge in [-0.1, -0.05) is 40.7 Å². The first-order chi connectivity index (χ1) is 8.89. The van der Waals surface area contributed by atoms with E-state index in [9.17, 15) is 0 Å². The summed E-state index contributed by atoms with van der Waals surface area (Å²) < 4.78 is 0. The topological polar surface area (TPSA) is 37.0 Å². The number of anilines is 2. The molecule has 0 bridgehead atoms. The van der Waals surface area contributed by atoms with Crippen LogP contribution >= 0.6 is 0 Å². The van der Waals surface area contributed by atoms with Crippen LogP contribution in [-0.4, -0.2) is 18.1 Å². The van der Waals surface area contributed by atoms with E-state index in [1.54, 1.807) is 0 Å². The SMILES string of the molecule is CCCNc1cccc(NCC2C(C)(C)C2(C)C)n1. The summed E-state index contributed by atoms with van der Waals surface area (Å²) in [6.45, 7) is 13.5. The second-order valence-corrected chi connectivity index (χ2v) is 6.71. The summed E-state index contributed by atoms with van der Waals surface area (Å²) in [6.07, 6.45) is 1.11. The van der Waals surface area contributed by atoms with Gasteiger partial charge in [-0.3, -0.25) is 0 Å². The molecule has 1 aromatic rings. The van der Waals surface area contributed by atoms with Crippen molar-refractivity contribution in [1.82, 2.24) is 4.98 Å². The van der Waals surface area contributed by atoms with E-state index in [1.807, 2.05) is 12.1 Å². The fourth-order valence-electron chi connectivity index (χ4n) is 2.93. The van der Waals surface area contributed by atoms with Gasteiger partial charge in [0.25, 0.3) is 0 Å². The molecule has 0 saturated heterocycles. The summed E-state index contributed by atoms with van der Waals surface area (Å²) in [4.78, 5) is 4.58. The van der Waals surface area contributed by atoms with Gasteiger partial charge in [0.05, 0.1) is 0 Å². The van der Waals surface area contributed by atoms with Crippen molar-refractivity contribution >= 4 is 11.6 Å². The normalized spacial score (nSPS) is 20.1. The molecule has 106 valence electrons. The molecule has 3 heteroatoms. The van der Waals surface area contributed by atoms with Crippen LogP contribution in [0.25, 0.3) is 0 Å². The molecular formula is C16H27N3. The Bertz CT molecular complexity index is 423. The lowest BCUT2D eigenvalue weighted by Gasteiger charge is -2.09. The van der Waals surface area contributed by atoms with E-state index < -0.39 is 0 Å². The number of nitrogens with zero attached hydrogens (tertiary/aromatic N) is 1. The van der Waals surface area contributed by atoms with Crippen molar-refractivity contribution in [2.75, 3.05) is 23.7 Å². The van der Waals surface area contributed by atoms with Crippen molar-refractivity contribution in [2.24, 2.45) is 16.7 Å². The average Bonchev–Trinajstić information content (AvgIpc) is 2.75. The zero-order valence-corrected chi connectivity index (χ0v) is 12.9. The summed E-state index contributed by atoms with van der Waals surface area (Å²) in [6, 6.07) is 6.11. The van der Waals surface area contributed by atoms with Crippen LogP contribution in [-0.2, 0) is 0 Å². The Hall–Kier alpha value is -1.25. The van der Waals surface area contributed by atoms with Gasteiger partial charge in [-0.15, -0.1) is 0 Å². The average molecular weight is 261 g/mol. The van der Waals surface area contributed by atoms with E-state index in [2.05, 4.69) is 56.3 Å². The van der Waals surface area contributed by atoms with E-state index in [-0.39, 0.29) is 0 Å². The molecule has 1 saturated carbocycles. The van der Waals surface area contributed by atoms with Crippen LogP contribution in [0.5, 0.6) is 0 Å². The maximum atomic E-state index is 4.58. The number of aromatic nitrogens is 1. The van der Waals surface area contributed by atoms with Crippen molar-refractivity contribution in [3.05, 3.63) is 18.2 Å². The summed E-state index contributed by atoms with van der Waals surface area (Å²) in [7, 11) is 0. The fourth-order valence-corrected chi connectivity index (χ4v) is 2.93. The predicted octanol–water partition coefficient (Wildman–Crippen LogP) is 4.00. The predicted molar refractivity (Wildman–Crippen MR) is 82.6 cm³/mol. The molecule has 1 aromatic heterocycles. The number of hydrogen-bond acceptors (Lipinski definition) is 3. The zero-order chi connectivity index (χ0) is 14.1. The lowest BCUT2D eigenvalue weighted by atomic mass is 10.0. The highest BCUT2D eigenvalue weighted by atomic mass is 15.1. The van der Waals surface area contributed by atoms with Gasteiger partial charge in [0.15, 0.2) is 0 Å². The quantitative estimate of drug-likeness (QED) is 0.812. The Morgan fingerprint density at radius 1 is 1.05 bits per heavy atom. The van der Waals surface area contributed by atoms with Gasteiger partial charge in [0.2, 0.25) is 0 Å². The summed E-state index contributed by atoms with van der Waals surface area (Å²) in [5, 5.41) is 6.80. The molecule has 0 radical (unpaired) electrons. The van der Waals surface area contributed by atoms with Crippen molar-refractivity contribution in [1.29, 1.82) is 0 Å². The van der Waals surface area contributed by atoms with Crippen LogP contribution in [0.15, 0.2) is 18.2 Å². The highest BCUT2D eigenvalue weighted by Gasteiger charge is 2.64. The molecule has 2 rings (SSSR count). The maximum Gasteiger partial charge on any atom is 0.128 e. The third-order valence-electron chi connectivity index (χ3n) is 5.11. The summed E-state index contributed by atoms with van der Waals surface area (Å²) in [5.41, 5.74) is 0.857. The van der Waals surface area contributed by atoms with Gasteiger partial charge >= 0.3 is 0 Å². The molecule has 0 spiro atoms. The van der Waals surface area contributed by atoms with E-state index in [0.29, 0.717) is 16.7 Å². The number of rotatable bonds is 6. The van der Waals surface area contributed by atoms with Gasteiger partial charge in [-0.25, -0.2) is 4.98 Å². The fraction of sp³-hybridized carbons (Fsp3) is 0.688. The van der Waals surface area contributed by atoms with E-state index in [0.717, 1.165) is 31.1 Å². The molecule has 0 aliphatic heterocycles. The van der Waals surface area contributed by atoms with Crippen LogP contribution in [0, 0.1) is 16.7 Å². The van der Waals surface area contributed by atoms with Gasteiger partial charge in [0.1, 0.15) is 11.6 Å². The molecule has 3 nitrogen and oxygen atoms in total. The molecule has 0 amide bonds. The first-order valence-electron chi connectivity index (χ1n) is 7.34. The molecular weight excluding hydrogens is 234 g/mol. The summed E-state index contributed by atoms with van der Waals surface area (Å²) in [5.74, 6) is 2.65. The Morgan fingerprint density at radius 3 is 2.16 bits per heavy atom. The smallest absolute Gasteiger partial charge is 0.128 e. The Balaban J connectivity index is 1.90. The number of nitrogens with one attached hydrogen (secondary N) is 2. The minimum atomic E-state index is 0.429. The van der Waals surface area contributed by atoms with Crippen molar-refractivity contribution in [2.45, 2.75) is 41.0 Å². The molecule has 0 atom stereocenters. The molecule has 0 aromatic carbocycles. The van der Waals surface area contributed by atoms with Gasteiger partial charge in [0, 0.05) is 13.1 Å². The highest BCUT2D eigenvalue weighted by molar-refractivity contribution is 5.45. The van der Waals surface area contributed by atoms with Gasteiger partial charge < -0.3 is 10.6 Å². The van der Waals surface area contributed by atoms with Crippen LogP contribution in [0.3, 0.4) is 0 Å². The highest BCUT2D eigenvalue weighted by Crippen LogP contribution is 2.68. The summed E-state index contributed by atoms with van der Waals surface area (Å²) >= 11 is 0. The first kappa shape index (κ1) is 14.2. The Kier molecular flexibility index (Phi) is 3.75. The first-order valence-corrected chi connectivity index (χ1v) is 7.34. The third-order valence-corrected chi connectivity index (χ3v) is 5.11. The molecule has 1 heterocycles. The lowest BCUT2D eigenvalue weighted by molar-refractivity contribution is 0.457. The Labute approximate surface area is 117 Å². The molecule has 19 heavy (non-hydrogen) atoms. The second kappa shape index (κ2) is 5.03. The molecule has 2 N–H and O–H groups in total. The zero-order valence-electron chi connectivity index (χ0n) is 12.9. The number of pyridine rings is 1. The minimum Gasteiger partial charge on any atom is -0.370 e. The van der Waals surface area contributed by atoms with Crippen LogP contribution in [0.2, 0.25) is 0 Å². The van der Waals surface area contributed by atoms with Gasteiger partial charge in [-0.2, -0.15) is 0 Å². The van der Waals surface area contributed by atoms with Gasteiger partial charge in [-0.05, 0) is 35.3 Å². The molecule has 1 fully saturated rings. The standard InChI is InChI=1S/C16H27N3/c1-6-10-17-13-8-7-9-14(19-13)18-11-12-15(2,3)16(12,4)5/h7-9,12H,6,10-11H2,1-5H3,(H2,17,18,19). The maximum absolute atomic E-state index is 4.58. The largest absolute Gasteiger partial charge is 0.370 e. The Morgan fingerprint density at radius 2 is 1.63 bits per heavy atom. The van der Waals surface area contributed by atoms with E-state index in [4.69, 9.17) is 0 Å². The van der Waals surface area contributed by atoms with Crippen molar-refractivity contribution < 1.29 is 0 Å². The minimum absolute atomic E-state index is 0.429. The van der Waals surface area contributed by atoms with Crippen LogP contribution < -0.4 is 10.6 Å². The van der Waals surface area contributed by atoms with Crippen LogP contribution in [0.4, 0.5) is 11.6 Å². The van der Waals surface area contributed by atoms with Crippen molar-refractivity contribution in [3.63, 3.8) is 0 Å². The third kappa shape index (κ3) is 2.70. The number of hydrogen-bond donors (Lipinski definition) is 2. The van der Waals surface area contributed by atoms with E-state index >= 15 is 0 Å². The molecule has 1 aliphatic rings.